The second-order valence-corrected chi connectivity index (χ2v) is 6.85. The van der Waals surface area contributed by atoms with E-state index in [4.69, 9.17) is 4.52 Å². The Morgan fingerprint density at radius 2 is 1.80 bits per heavy atom. The molecule has 2 aliphatic rings. The van der Waals surface area contributed by atoms with E-state index in [1.54, 1.807) is 0 Å². The number of amides is 2. The third-order valence-electron chi connectivity index (χ3n) is 4.79. The number of aromatic nitrogens is 1. The first kappa shape index (κ1) is 17.9. The number of aryl methyl sites for hydroxylation is 1. The molecule has 2 amide bonds. The predicted molar refractivity (Wildman–Crippen MR) is 91.8 cm³/mol. The SMILES string of the molecule is Cc1cc(CN2CCN(CC(=O)NCC(=O)N3CCCC3)CC2)no1. The fourth-order valence-corrected chi connectivity index (χ4v) is 3.34. The minimum absolute atomic E-state index is 0.0265. The van der Waals surface area contributed by atoms with Gasteiger partial charge in [-0.2, -0.15) is 0 Å². The van der Waals surface area contributed by atoms with E-state index in [1.807, 2.05) is 17.9 Å². The molecule has 0 unspecified atom stereocenters. The van der Waals surface area contributed by atoms with Gasteiger partial charge in [0, 0.05) is 51.9 Å². The first-order chi connectivity index (χ1) is 12.1. The summed E-state index contributed by atoms with van der Waals surface area (Å²) >= 11 is 0. The molecule has 0 aliphatic carbocycles. The number of piperazine rings is 1. The fraction of sp³-hybridized carbons (Fsp3) is 0.706. The van der Waals surface area contributed by atoms with E-state index in [0.29, 0.717) is 6.54 Å². The van der Waals surface area contributed by atoms with Crippen LogP contribution in [0.5, 0.6) is 0 Å². The summed E-state index contributed by atoms with van der Waals surface area (Å²) < 4.78 is 5.09. The minimum atomic E-state index is -0.0758. The van der Waals surface area contributed by atoms with Crippen molar-refractivity contribution in [3.63, 3.8) is 0 Å². The molecule has 25 heavy (non-hydrogen) atoms. The quantitative estimate of drug-likeness (QED) is 0.769. The average molecular weight is 349 g/mol. The predicted octanol–water partition coefficient (Wildman–Crippen LogP) is -0.161. The van der Waals surface area contributed by atoms with Crippen molar-refractivity contribution in [2.45, 2.75) is 26.3 Å². The van der Waals surface area contributed by atoms with E-state index in [9.17, 15) is 9.59 Å². The number of carbonyl (C=O) groups excluding carboxylic acids is 2. The minimum Gasteiger partial charge on any atom is -0.361 e. The van der Waals surface area contributed by atoms with Crippen molar-refractivity contribution in [2.75, 3.05) is 52.4 Å². The van der Waals surface area contributed by atoms with Crippen molar-refractivity contribution in [3.8, 4) is 0 Å². The second-order valence-electron chi connectivity index (χ2n) is 6.85. The molecule has 3 rings (SSSR count). The molecule has 0 saturated carbocycles. The van der Waals surface area contributed by atoms with Gasteiger partial charge in [0.1, 0.15) is 5.76 Å². The molecule has 1 aromatic rings. The Kier molecular flexibility index (Phi) is 6.04. The van der Waals surface area contributed by atoms with E-state index < -0.39 is 0 Å². The summed E-state index contributed by atoms with van der Waals surface area (Å²) in [6.07, 6.45) is 2.13. The van der Waals surface area contributed by atoms with Crippen LogP contribution in [0.4, 0.5) is 0 Å². The zero-order valence-corrected chi connectivity index (χ0v) is 14.9. The molecule has 1 N–H and O–H groups in total. The van der Waals surface area contributed by atoms with Gasteiger partial charge >= 0.3 is 0 Å². The maximum Gasteiger partial charge on any atom is 0.241 e. The van der Waals surface area contributed by atoms with E-state index in [1.165, 1.54) is 0 Å². The van der Waals surface area contributed by atoms with Crippen LogP contribution in [0.25, 0.3) is 0 Å². The first-order valence-corrected chi connectivity index (χ1v) is 9.01. The highest BCUT2D eigenvalue weighted by molar-refractivity contribution is 5.85. The molecule has 0 aromatic carbocycles. The Balaban J connectivity index is 1.32. The molecule has 8 nitrogen and oxygen atoms in total. The van der Waals surface area contributed by atoms with E-state index in [0.717, 1.165) is 70.1 Å². The second kappa shape index (κ2) is 8.44. The topological polar surface area (TPSA) is 81.9 Å². The van der Waals surface area contributed by atoms with Crippen LogP contribution in [0.2, 0.25) is 0 Å². The molecule has 0 radical (unpaired) electrons. The van der Waals surface area contributed by atoms with Gasteiger partial charge in [0.2, 0.25) is 11.8 Å². The summed E-state index contributed by atoms with van der Waals surface area (Å²) in [4.78, 5) is 30.2. The lowest BCUT2D eigenvalue weighted by Gasteiger charge is -2.33. The van der Waals surface area contributed by atoms with E-state index in [-0.39, 0.29) is 18.4 Å². The molecule has 2 aliphatic heterocycles. The molecule has 1 aromatic heterocycles. The molecule has 0 atom stereocenters. The highest BCUT2D eigenvalue weighted by atomic mass is 16.5. The van der Waals surface area contributed by atoms with Crippen molar-refractivity contribution in [1.82, 2.24) is 25.2 Å². The first-order valence-electron chi connectivity index (χ1n) is 9.01. The van der Waals surface area contributed by atoms with Gasteiger partial charge < -0.3 is 14.7 Å². The Bertz CT molecular complexity index is 589. The number of hydrogen-bond donors (Lipinski definition) is 1. The zero-order chi connectivity index (χ0) is 17.6. The van der Waals surface area contributed by atoms with E-state index >= 15 is 0 Å². The summed E-state index contributed by atoms with van der Waals surface area (Å²) in [5.41, 5.74) is 0.948. The number of nitrogens with zero attached hydrogens (tertiary/aromatic N) is 4. The number of rotatable bonds is 6. The summed E-state index contributed by atoms with van der Waals surface area (Å²) in [5.74, 6) is 0.778. The van der Waals surface area contributed by atoms with Crippen LogP contribution < -0.4 is 5.32 Å². The summed E-state index contributed by atoms with van der Waals surface area (Å²) in [6.45, 7) is 8.24. The van der Waals surface area contributed by atoms with Gasteiger partial charge in [0.25, 0.3) is 0 Å². The lowest BCUT2D eigenvalue weighted by molar-refractivity contribution is -0.132. The summed E-state index contributed by atoms with van der Waals surface area (Å²) in [7, 11) is 0. The zero-order valence-electron chi connectivity index (χ0n) is 14.9. The normalized spacial score (nSPS) is 19.3. The average Bonchev–Trinajstić information content (AvgIpc) is 3.26. The smallest absolute Gasteiger partial charge is 0.241 e. The van der Waals surface area contributed by atoms with Gasteiger partial charge in [-0.1, -0.05) is 5.16 Å². The van der Waals surface area contributed by atoms with Crippen LogP contribution in [-0.2, 0) is 16.1 Å². The van der Waals surface area contributed by atoms with Crippen molar-refractivity contribution in [3.05, 3.63) is 17.5 Å². The van der Waals surface area contributed by atoms with Crippen LogP contribution >= 0.6 is 0 Å². The Hall–Kier alpha value is -1.93. The molecule has 138 valence electrons. The van der Waals surface area contributed by atoms with Gasteiger partial charge in [-0.25, -0.2) is 0 Å². The van der Waals surface area contributed by atoms with Crippen molar-refractivity contribution in [1.29, 1.82) is 0 Å². The number of nitrogens with one attached hydrogen (secondary N) is 1. The Morgan fingerprint density at radius 1 is 1.12 bits per heavy atom. The highest BCUT2D eigenvalue weighted by Gasteiger charge is 2.21. The van der Waals surface area contributed by atoms with Crippen LogP contribution in [0.3, 0.4) is 0 Å². The molecular formula is C17H27N5O3. The highest BCUT2D eigenvalue weighted by Crippen LogP contribution is 2.09. The van der Waals surface area contributed by atoms with Crippen molar-refractivity contribution < 1.29 is 14.1 Å². The third-order valence-corrected chi connectivity index (χ3v) is 4.79. The van der Waals surface area contributed by atoms with Crippen LogP contribution in [0.15, 0.2) is 10.6 Å². The molecular weight excluding hydrogens is 322 g/mol. The number of likely N-dealkylation sites (tertiary alicyclic amines) is 1. The number of carbonyl (C=O) groups is 2. The largest absolute Gasteiger partial charge is 0.361 e. The van der Waals surface area contributed by atoms with Crippen LogP contribution in [0, 0.1) is 6.92 Å². The molecule has 0 bridgehead atoms. The van der Waals surface area contributed by atoms with Gasteiger partial charge in [-0.15, -0.1) is 0 Å². The lowest BCUT2D eigenvalue weighted by atomic mass is 10.2. The molecule has 8 heteroatoms. The van der Waals surface area contributed by atoms with Crippen LogP contribution in [0.1, 0.15) is 24.3 Å². The lowest BCUT2D eigenvalue weighted by Crippen LogP contribution is -2.50. The van der Waals surface area contributed by atoms with Gasteiger partial charge in [-0.3, -0.25) is 19.4 Å². The Labute approximate surface area is 148 Å². The molecule has 3 heterocycles. The molecule has 0 spiro atoms. The Morgan fingerprint density at radius 3 is 2.44 bits per heavy atom. The maximum absolute atomic E-state index is 12.0. The monoisotopic (exact) mass is 349 g/mol. The summed E-state index contributed by atoms with van der Waals surface area (Å²) in [6, 6.07) is 1.96. The molecule has 2 fully saturated rings. The van der Waals surface area contributed by atoms with Crippen molar-refractivity contribution >= 4 is 11.8 Å². The maximum atomic E-state index is 12.0. The van der Waals surface area contributed by atoms with Gasteiger partial charge in [0.05, 0.1) is 18.8 Å². The van der Waals surface area contributed by atoms with Gasteiger partial charge in [0.15, 0.2) is 0 Å². The van der Waals surface area contributed by atoms with E-state index in [2.05, 4.69) is 20.3 Å². The van der Waals surface area contributed by atoms with Crippen molar-refractivity contribution in [2.24, 2.45) is 0 Å². The number of hydrogen-bond acceptors (Lipinski definition) is 6. The summed E-state index contributed by atoms with van der Waals surface area (Å²) in [5, 5.41) is 6.77. The van der Waals surface area contributed by atoms with Crippen LogP contribution in [-0.4, -0.2) is 84.0 Å². The third kappa shape index (κ3) is 5.27. The molecule has 2 saturated heterocycles. The van der Waals surface area contributed by atoms with Gasteiger partial charge in [-0.05, 0) is 19.8 Å². The fourth-order valence-electron chi connectivity index (χ4n) is 3.34. The standard InChI is InChI=1S/C17H27N5O3/c1-14-10-15(19-25-14)12-20-6-8-21(9-7-20)13-16(23)18-11-17(24)22-4-2-3-5-22/h10H,2-9,11-13H2,1H3,(H,18,23).